The monoisotopic (exact) mass is 465 g/mol. The minimum Gasteiger partial charge on any atom is -0.497 e. The lowest BCUT2D eigenvalue weighted by Crippen LogP contribution is -2.52. The summed E-state index contributed by atoms with van der Waals surface area (Å²) in [5.74, 6) is 1.47. The van der Waals surface area contributed by atoms with Gasteiger partial charge in [-0.2, -0.15) is 0 Å². The van der Waals surface area contributed by atoms with Gasteiger partial charge in [0.1, 0.15) is 11.5 Å². The summed E-state index contributed by atoms with van der Waals surface area (Å²) >= 11 is 1.74. The molecule has 1 N–H and O–H groups in total. The summed E-state index contributed by atoms with van der Waals surface area (Å²) in [6, 6.07) is 19.8. The van der Waals surface area contributed by atoms with Gasteiger partial charge in [-0.3, -0.25) is 9.69 Å². The highest BCUT2D eigenvalue weighted by atomic mass is 32.1. The molecule has 0 bridgehead atoms. The zero-order valence-corrected chi connectivity index (χ0v) is 20.2. The first-order valence-electron chi connectivity index (χ1n) is 11.2. The first-order chi connectivity index (χ1) is 16.1. The number of carbonyl (C=O) groups is 1. The van der Waals surface area contributed by atoms with Gasteiger partial charge in [0.15, 0.2) is 0 Å². The van der Waals surface area contributed by atoms with E-state index < -0.39 is 0 Å². The van der Waals surface area contributed by atoms with Crippen molar-refractivity contribution in [2.45, 2.75) is 19.0 Å². The number of nitrogens with one attached hydrogen (secondary N) is 1. The van der Waals surface area contributed by atoms with Crippen LogP contribution in [0.2, 0.25) is 0 Å². The third-order valence-corrected chi connectivity index (χ3v) is 7.09. The van der Waals surface area contributed by atoms with Crippen molar-refractivity contribution in [1.29, 1.82) is 0 Å². The molecule has 4 rings (SSSR count). The number of hydrogen-bond acceptors (Lipinski definition) is 6. The molecule has 33 heavy (non-hydrogen) atoms. The van der Waals surface area contributed by atoms with Crippen molar-refractivity contribution in [3.8, 4) is 11.5 Å². The zero-order valence-electron chi connectivity index (χ0n) is 19.4. The molecular formula is C26H31N3O3S. The van der Waals surface area contributed by atoms with Crippen LogP contribution in [-0.4, -0.2) is 57.2 Å². The van der Waals surface area contributed by atoms with E-state index in [0.717, 1.165) is 31.9 Å². The van der Waals surface area contributed by atoms with E-state index in [0.29, 0.717) is 11.3 Å². The average molecular weight is 466 g/mol. The van der Waals surface area contributed by atoms with Crippen molar-refractivity contribution < 1.29 is 14.3 Å². The Morgan fingerprint density at radius 3 is 2.30 bits per heavy atom. The normalized spacial score (nSPS) is 16.2. The summed E-state index contributed by atoms with van der Waals surface area (Å²) in [7, 11) is 3.30. The molecule has 0 spiro atoms. The van der Waals surface area contributed by atoms with Gasteiger partial charge >= 0.3 is 0 Å². The molecule has 6 nitrogen and oxygen atoms in total. The number of benzene rings is 2. The fourth-order valence-electron chi connectivity index (χ4n) is 4.39. The van der Waals surface area contributed by atoms with E-state index >= 15 is 0 Å². The molecule has 1 fully saturated rings. The van der Waals surface area contributed by atoms with Crippen LogP contribution in [0.25, 0.3) is 0 Å². The molecule has 174 valence electrons. The second-order valence-electron chi connectivity index (χ2n) is 8.18. The molecule has 7 heteroatoms. The molecule has 1 aliphatic heterocycles. The SMILES string of the molecule is COc1ccc(N2CCN([C@H](c3cccs3)[C@@H](C)NC(=O)c3cccc(OC)c3)CC2)cc1. The first-order valence-corrected chi connectivity index (χ1v) is 12.1. The van der Waals surface area contributed by atoms with E-state index in [4.69, 9.17) is 9.47 Å². The van der Waals surface area contributed by atoms with Gasteiger partial charge < -0.3 is 19.7 Å². The fraction of sp³-hybridized carbons (Fsp3) is 0.346. The molecule has 2 atom stereocenters. The van der Waals surface area contributed by atoms with Crippen LogP contribution in [0, 0.1) is 0 Å². The minimum absolute atomic E-state index is 0.0464. The van der Waals surface area contributed by atoms with Crippen molar-refractivity contribution >= 4 is 22.9 Å². The molecule has 0 aliphatic carbocycles. The summed E-state index contributed by atoms with van der Waals surface area (Å²) in [5, 5.41) is 5.34. The Hall–Kier alpha value is -3.03. The lowest BCUT2D eigenvalue weighted by molar-refractivity contribution is 0.0890. The van der Waals surface area contributed by atoms with Crippen molar-refractivity contribution in [2.75, 3.05) is 45.3 Å². The van der Waals surface area contributed by atoms with Gasteiger partial charge in [0.05, 0.1) is 20.3 Å². The van der Waals surface area contributed by atoms with Gasteiger partial charge in [-0.1, -0.05) is 12.1 Å². The standard InChI is InChI=1S/C26H31N3O3S/c1-19(27-26(30)20-6-4-7-23(18-20)32-3)25(24-8-5-17-33-24)29-15-13-28(14-16-29)21-9-11-22(31-2)12-10-21/h4-12,17-19,25H,13-16H2,1-3H3,(H,27,30)/t19-,25+/m1/s1. The number of carbonyl (C=O) groups excluding carboxylic acids is 1. The number of ether oxygens (including phenoxy) is 2. The van der Waals surface area contributed by atoms with Crippen molar-refractivity contribution in [3.05, 3.63) is 76.5 Å². The summed E-state index contributed by atoms with van der Waals surface area (Å²) in [6.45, 7) is 5.82. The third kappa shape index (κ3) is 5.49. The van der Waals surface area contributed by atoms with Crippen LogP contribution in [0.3, 0.4) is 0 Å². The van der Waals surface area contributed by atoms with Crippen molar-refractivity contribution in [3.63, 3.8) is 0 Å². The van der Waals surface area contributed by atoms with Crippen molar-refractivity contribution in [1.82, 2.24) is 10.2 Å². The predicted octanol–water partition coefficient (Wildman–Crippen LogP) is 4.45. The Morgan fingerprint density at radius 1 is 0.939 bits per heavy atom. The van der Waals surface area contributed by atoms with Gasteiger partial charge in [-0.05, 0) is 60.8 Å². The number of rotatable bonds is 8. The average Bonchev–Trinajstić information content (AvgIpc) is 3.39. The first kappa shape index (κ1) is 23.1. The molecule has 1 aliphatic rings. The zero-order chi connectivity index (χ0) is 23.2. The van der Waals surface area contributed by atoms with Crippen LogP contribution in [0.1, 0.15) is 28.2 Å². The molecule has 0 radical (unpaired) electrons. The number of hydrogen-bond donors (Lipinski definition) is 1. The molecule has 2 aromatic carbocycles. The Bertz CT molecular complexity index is 1030. The molecular weight excluding hydrogens is 434 g/mol. The highest BCUT2D eigenvalue weighted by Gasteiger charge is 2.31. The van der Waals surface area contributed by atoms with Crippen LogP contribution in [-0.2, 0) is 0 Å². The minimum atomic E-state index is -0.0835. The van der Waals surface area contributed by atoms with Gasteiger partial charge in [0, 0.05) is 48.3 Å². The second kappa shape index (κ2) is 10.7. The van der Waals surface area contributed by atoms with E-state index in [9.17, 15) is 4.79 Å². The summed E-state index contributed by atoms with van der Waals surface area (Å²) < 4.78 is 10.6. The lowest BCUT2D eigenvalue weighted by Gasteiger charge is -2.42. The van der Waals surface area contributed by atoms with Crippen LogP contribution >= 0.6 is 11.3 Å². The van der Waals surface area contributed by atoms with Gasteiger partial charge in [-0.25, -0.2) is 0 Å². The summed E-state index contributed by atoms with van der Waals surface area (Å²) in [6.07, 6.45) is 0. The molecule has 2 heterocycles. The maximum atomic E-state index is 13.0. The van der Waals surface area contributed by atoms with Gasteiger partial charge in [0.25, 0.3) is 5.91 Å². The second-order valence-corrected chi connectivity index (χ2v) is 9.15. The number of methoxy groups -OCH3 is 2. The largest absolute Gasteiger partial charge is 0.497 e. The van der Waals surface area contributed by atoms with Crippen molar-refractivity contribution in [2.24, 2.45) is 0 Å². The predicted molar refractivity (Wildman–Crippen MR) is 134 cm³/mol. The molecule has 1 saturated heterocycles. The van der Waals surface area contributed by atoms with Crippen LogP contribution in [0.5, 0.6) is 11.5 Å². The quantitative estimate of drug-likeness (QED) is 0.533. The van der Waals surface area contributed by atoms with E-state index in [2.05, 4.69) is 51.7 Å². The molecule has 0 unspecified atom stereocenters. The smallest absolute Gasteiger partial charge is 0.251 e. The summed E-state index contributed by atoms with van der Waals surface area (Å²) in [5.41, 5.74) is 1.82. The Labute approximate surface area is 199 Å². The number of amides is 1. The number of anilines is 1. The van der Waals surface area contributed by atoms with E-state index in [1.807, 2.05) is 30.3 Å². The van der Waals surface area contributed by atoms with Crippen LogP contribution in [0.4, 0.5) is 5.69 Å². The lowest BCUT2D eigenvalue weighted by atomic mass is 10.0. The van der Waals surface area contributed by atoms with Crippen LogP contribution < -0.4 is 19.7 Å². The number of piperazine rings is 1. The molecule has 1 amide bonds. The number of thiophene rings is 1. The number of nitrogens with zero attached hydrogens (tertiary/aromatic N) is 2. The summed E-state index contributed by atoms with van der Waals surface area (Å²) in [4.78, 5) is 19.1. The Balaban J connectivity index is 1.44. The van der Waals surface area contributed by atoms with E-state index in [-0.39, 0.29) is 18.0 Å². The van der Waals surface area contributed by atoms with E-state index in [1.165, 1.54) is 10.6 Å². The highest BCUT2D eigenvalue weighted by Crippen LogP contribution is 2.31. The Kier molecular flexibility index (Phi) is 7.52. The topological polar surface area (TPSA) is 54.0 Å². The molecule has 1 aromatic heterocycles. The molecule has 3 aromatic rings. The Morgan fingerprint density at radius 2 is 1.67 bits per heavy atom. The third-order valence-electron chi connectivity index (χ3n) is 6.14. The van der Waals surface area contributed by atoms with E-state index in [1.54, 1.807) is 31.6 Å². The fourth-order valence-corrected chi connectivity index (χ4v) is 5.35. The van der Waals surface area contributed by atoms with Crippen LogP contribution in [0.15, 0.2) is 66.0 Å². The van der Waals surface area contributed by atoms with Gasteiger partial charge in [-0.15, -0.1) is 11.3 Å². The van der Waals surface area contributed by atoms with Gasteiger partial charge in [0.2, 0.25) is 0 Å². The molecule has 0 saturated carbocycles. The maximum absolute atomic E-state index is 13.0. The highest BCUT2D eigenvalue weighted by molar-refractivity contribution is 7.10. The maximum Gasteiger partial charge on any atom is 0.251 e.